The molecule has 2 aromatic carbocycles. The van der Waals surface area contributed by atoms with Crippen molar-refractivity contribution in [3.63, 3.8) is 0 Å². The second kappa shape index (κ2) is 8.93. The zero-order chi connectivity index (χ0) is 21.0. The maximum Gasteiger partial charge on any atom is 0.195 e. The quantitative estimate of drug-likeness (QED) is 0.471. The largest absolute Gasteiger partial charge is 0.472 e. The average molecular weight is 440 g/mol. The van der Waals surface area contributed by atoms with E-state index in [4.69, 9.17) is 32.7 Å². The number of rotatable bonds is 7. The van der Waals surface area contributed by atoms with E-state index in [1.54, 1.807) is 36.8 Å². The number of halogens is 2. The predicted octanol–water partition coefficient (Wildman–Crippen LogP) is 5.25. The molecule has 7 heteroatoms. The molecule has 0 spiro atoms. The van der Waals surface area contributed by atoms with Gasteiger partial charge in [0.2, 0.25) is 0 Å². The molecule has 0 fully saturated rings. The Bertz CT molecular complexity index is 1060. The van der Waals surface area contributed by atoms with Crippen LogP contribution in [0.2, 0.25) is 5.02 Å². The van der Waals surface area contributed by atoms with Crippen molar-refractivity contribution < 1.29 is 9.47 Å². The first-order chi connectivity index (χ1) is 14.6. The topological polar surface area (TPSA) is 60.1 Å². The Kier molecular flexibility index (Phi) is 6.10. The van der Waals surface area contributed by atoms with E-state index in [-0.39, 0.29) is 13.0 Å². The van der Waals surface area contributed by atoms with Crippen molar-refractivity contribution in [2.45, 2.75) is 23.6 Å². The molecule has 30 heavy (non-hydrogen) atoms. The van der Waals surface area contributed by atoms with Gasteiger partial charge in [-0.05, 0) is 35.4 Å². The van der Waals surface area contributed by atoms with Gasteiger partial charge in [-0.3, -0.25) is 0 Å². The van der Waals surface area contributed by atoms with E-state index in [1.165, 1.54) is 0 Å². The monoisotopic (exact) mass is 439 g/mol. The SMILES string of the molecule is N#CCC1(n2ccnc2)c2ccccc2C=CC1OCC(Cl)Oc1ccc(Cl)cc1. The van der Waals surface area contributed by atoms with Crippen LogP contribution in [0, 0.1) is 11.3 Å². The van der Waals surface area contributed by atoms with Gasteiger partial charge < -0.3 is 14.0 Å². The molecule has 5 nitrogen and oxygen atoms in total. The Morgan fingerprint density at radius 1 is 1.20 bits per heavy atom. The van der Waals surface area contributed by atoms with Crippen molar-refractivity contribution in [1.82, 2.24) is 9.55 Å². The minimum atomic E-state index is -0.756. The number of alkyl halides is 1. The van der Waals surface area contributed by atoms with Crippen LogP contribution in [0.3, 0.4) is 0 Å². The van der Waals surface area contributed by atoms with Gasteiger partial charge in [0.25, 0.3) is 0 Å². The zero-order valence-corrected chi connectivity index (χ0v) is 17.5. The maximum absolute atomic E-state index is 9.70. The van der Waals surface area contributed by atoms with Gasteiger partial charge in [-0.15, -0.1) is 0 Å². The highest BCUT2D eigenvalue weighted by molar-refractivity contribution is 6.30. The van der Waals surface area contributed by atoms with E-state index >= 15 is 0 Å². The van der Waals surface area contributed by atoms with Crippen LogP contribution in [-0.2, 0) is 10.3 Å². The van der Waals surface area contributed by atoms with Crippen LogP contribution in [0.5, 0.6) is 5.75 Å². The van der Waals surface area contributed by atoms with Gasteiger partial charge in [-0.25, -0.2) is 4.98 Å². The summed E-state index contributed by atoms with van der Waals surface area (Å²) in [7, 11) is 0. The Morgan fingerprint density at radius 3 is 2.73 bits per heavy atom. The van der Waals surface area contributed by atoms with E-state index in [0.717, 1.165) is 11.1 Å². The highest BCUT2D eigenvalue weighted by Gasteiger charge is 2.45. The fraction of sp³-hybridized carbons (Fsp3) is 0.217. The molecule has 4 rings (SSSR count). The minimum Gasteiger partial charge on any atom is -0.472 e. The fourth-order valence-corrected chi connectivity index (χ4v) is 4.10. The highest BCUT2D eigenvalue weighted by atomic mass is 35.5. The highest BCUT2D eigenvalue weighted by Crippen LogP contribution is 2.41. The Labute approximate surface area is 185 Å². The smallest absolute Gasteiger partial charge is 0.195 e. The van der Waals surface area contributed by atoms with Crippen LogP contribution in [0.15, 0.2) is 73.3 Å². The molecule has 152 valence electrons. The average Bonchev–Trinajstić information content (AvgIpc) is 3.30. The molecule has 0 saturated heterocycles. The molecular formula is C23H19Cl2N3O2. The zero-order valence-electron chi connectivity index (χ0n) is 16.0. The number of imidazole rings is 1. The molecule has 3 unspecified atom stereocenters. The summed E-state index contributed by atoms with van der Waals surface area (Å²) in [5.41, 5.74) is 0.579. The van der Waals surface area contributed by atoms with Gasteiger partial charge in [0, 0.05) is 17.4 Å². The summed E-state index contributed by atoms with van der Waals surface area (Å²) in [4.78, 5) is 4.20. The van der Waals surface area contributed by atoms with Crippen molar-refractivity contribution in [3.05, 3.63) is 89.5 Å². The van der Waals surface area contributed by atoms with Gasteiger partial charge in [0.15, 0.2) is 5.56 Å². The lowest BCUT2D eigenvalue weighted by Crippen LogP contribution is -2.48. The third-order valence-electron chi connectivity index (χ3n) is 5.15. The summed E-state index contributed by atoms with van der Waals surface area (Å²) in [5, 5.41) is 10.3. The van der Waals surface area contributed by atoms with E-state index in [0.29, 0.717) is 10.8 Å². The molecule has 0 N–H and O–H groups in total. The van der Waals surface area contributed by atoms with Crippen molar-refractivity contribution in [3.8, 4) is 11.8 Å². The minimum absolute atomic E-state index is 0.128. The molecule has 1 aliphatic carbocycles. The molecule has 0 bridgehead atoms. The first-order valence-corrected chi connectivity index (χ1v) is 10.3. The summed E-state index contributed by atoms with van der Waals surface area (Å²) in [5.74, 6) is 0.602. The van der Waals surface area contributed by atoms with Crippen molar-refractivity contribution in [2.24, 2.45) is 0 Å². The number of nitriles is 1. The normalized spacial score (nSPS) is 20.9. The summed E-state index contributed by atoms with van der Waals surface area (Å²) in [6.45, 7) is 0.128. The van der Waals surface area contributed by atoms with Gasteiger partial charge in [0.1, 0.15) is 17.4 Å². The first kappa shape index (κ1) is 20.5. The first-order valence-electron chi connectivity index (χ1n) is 9.44. The molecule has 1 aromatic heterocycles. The van der Waals surface area contributed by atoms with Crippen molar-refractivity contribution in [2.75, 3.05) is 6.61 Å². The van der Waals surface area contributed by atoms with Crippen LogP contribution in [0.25, 0.3) is 6.08 Å². The molecule has 3 atom stereocenters. The van der Waals surface area contributed by atoms with Crippen molar-refractivity contribution >= 4 is 29.3 Å². The van der Waals surface area contributed by atoms with Gasteiger partial charge in [-0.2, -0.15) is 5.26 Å². The fourth-order valence-electron chi connectivity index (χ4n) is 3.80. The van der Waals surface area contributed by atoms with Crippen LogP contribution in [-0.4, -0.2) is 27.8 Å². The number of benzene rings is 2. The molecule has 0 radical (unpaired) electrons. The lowest BCUT2D eigenvalue weighted by Gasteiger charge is -2.42. The van der Waals surface area contributed by atoms with Gasteiger partial charge in [-0.1, -0.05) is 59.6 Å². The Balaban J connectivity index is 1.60. The molecule has 1 aliphatic rings. The predicted molar refractivity (Wildman–Crippen MR) is 116 cm³/mol. The number of ether oxygens (including phenoxy) is 2. The van der Waals surface area contributed by atoms with Crippen molar-refractivity contribution in [1.29, 1.82) is 5.26 Å². The van der Waals surface area contributed by atoms with E-state index in [1.807, 2.05) is 47.2 Å². The second-order valence-electron chi connectivity index (χ2n) is 6.91. The lowest BCUT2D eigenvalue weighted by molar-refractivity contribution is -0.00644. The van der Waals surface area contributed by atoms with Gasteiger partial charge in [0.05, 0.1) is 25.4 Å². The summed E-state index contributed by atoms with van der Waals surface area (Å²) < 4.78 is 13.9. The lowest BCUT2D eigenvalue weighted by atomic mass is 9.75. The Hall–Kier alpha value is -2.78. The molecule has 0 amide bonds. The molecule has 1 heterocycles. The Morgan fingerprint density at radius 2 is 2.00 bits per heavy atom. The molecule has 0 aliphatic heterocycles. The third kappa shape index (κ3) is 3.95. The van der Waals surface area contributed by atoms with Gasteiger partial charge >= 0.3 is 0 Å². The third-order valence-corrected chi connectivity index (χ3v) is 5.61. The van der Waals surface area contributed by atoms with Crippen LogP contribution >= 0.6 is 23.2 Å². The number of aromatic nitrogens is 2. The molecule has 0 saturated carbocycles. The van der Waals surface area contributed by atoms with Crippen LogP contribution in [0.1, 0.15) is 17.5 Å². The molecule has 3 aromatic rings. The van der Waals surface area contributed by atoms with E-state index < -0.39 is 17.2 Å². The van der Waals surface area contributed by atoms with Crippen LogP contribution < -0.4 is 4.74 Å². The summed E-state index contributed by atoms with van der Waals surface area (Å²) >= 11 is 12.3. The maximum atomic E-state index is 9.70. The van der Waals surface area contributed by atoms with E-state index in [2.05, 4.69) is 11.1 Å². The summed E-state index contributed by atoms with van der Waals surface area (Å²) in [6.07, 6.45) is 9.02. The number of nitrogens with zero attached hydrogens (tertiary/aromatic N) is 3. The second-order valence-corrected chi connectivity index (χ2v) is 7.83. The van der Waals surface area contributed by atoms with Crippen LogP contribution in [0.4, 0.5) is 0 Å². The molecular weight excluding hydrogens is 421 g/mol. The number of hydrogen-bond acceptors (Lipinski definition) is 4. The number of hydrogen-bond donors (Lipinski definition) is 0. The summed E-state index contributed by atoms with van der Waals surface area (Å²) in [6, 6.07) is 17.3. The standard InChI is InChI=1S/C23H19Cl2N3O2/c24-18-6-8-19(9-7-18)30-22(25)15-29-21-10-5-17-3-1-2-4-20(17)23(21,11-12-26)28-14-13-27-16-28/h1-10,13-14,16,21-22H,11,15H2. The van der Waals surface area contributed by atoms with E-state index in [9.17, 15) is 5.26 Å². The number of fused-ring (bicyclic) bond motifs is 1.